The minimum atomic E-state index is 0.162. The van der Waals surface area contributed by atoms with Gasteiger partial charge in [-0.1, -0.05) is 0 Å². The first-order chi connectivity index (χ1) is 8.24. The van der Waals surface area contributed by atoms with Gasteiger partial charge in [0.15, 0.2) is 0 Å². The number of hydrogen-bond acceptors (Lipinski definition) is 5. The van der Waals surface area contributed by atoms with Crippen molar-refractivity contribution in [2.45, 2.75) is 0 Å². The Hall–Kier alpha value is -0.690. The van der Waals surface area contributed by atoms with Crippen molar-refractivity contribution in [3.63, 3.8) is 0 Å². The first kappa shape index (κ1) is 14.4. The van der Waals surface area contributed by atoms with Crippen LogP contribution >= 0.6 is 0 Å². The lowest BCUT2D eigenvalue weighted by Gasteiger charge is -2.28. The molecular formula is C11H23N3O3. The molecule has 0 aliphatic carbocycles. The largest absolute Gasteiger partial charge is 0.379 e. The second-order valence-corrected chi connectivity index (χ2v) is 4.13. The number of nitrogens with zero attached hydrogens (tertiary/aromatic N) is 2. The van der Waals surface area contributed by atoms with Crippen molar-refractivity contribution in [1.82, 2.24) is 9.80 Å². The van der Waals surface area contributed by atoms with Gasteiger partial charge in [0.25, 0.3) is 0 Å². The van der Waals surface area contributed by atoms with Crippen LogP contribution < -0.4 is 5.73 Å². The Balaban J connectivity index is 2.11. The van der Waals surface area contributed by atoms with Crippen LogP contribution in [0.5, 0.6) is 0 Å². The molecule has 0 aromatic carbocycles. The zero-order valence-corrected chi connectivity index (χ0v) is 10.6. The number of ether oxygens (including phenoxy) is 2. The predicted molar refractivity (Wildman–Crippen MR) is 64.8 cm³/mol. The zero-order chi connectivity index (χ0) is 12.5. The van der Waals surface area contributed by atoms with E-state index in [1.807, 2.05) is 16.8 Å². The molecule has 1 rings (SSSR count). The van der Waals surface area contributed by atoms with Gasteiger partial charge >= 0.3 is 0 Å². The molecule has 0 atom stereocenters. The smallest absolute Gasteiger partial charge is 0.236 e. The third-order valence-electron chi connectivity index (χ3n) is 2.65. The molecule has 0 aromatic heterocycles. The van der Waals surface area contributed by atoms with Crippen molar-refractivity contribution >= 4 is 5.91 Å². The number of nitrogens with two attached hydrogens (primary N) is 1. The minimum Gasteiger partial charge on any atom is -0.379 e. The summed E-state index contributed by atoms with van der Waals surface area (Å²) in [5.74, 6) is 0.162. The fourth-order valence-electron chi connectivity index (χ4n) is 1.63. The van der Waals surface area contributed by atoms with E-state index in [-0.39, 0.29) is 5.91 Å². The Labute approximate surface area is 103 Å². The number of hydrogen-bond donors (Lipinski definition) is 1. The highest BCUT2D eigenvalue weighted by Crippen LogP contribution is 1.98. The van der Waals surface area contributed by atoms with E-state index < -0.39 is 0 Å². The molecule has 1 heterocycles. The Bertz CT molecular complexity index is 220. The van der Waals surface area contributed by atoms with Gasteiger partial charge in [-0.15, -0.1) is 0 Å². The summed E-state index contributed by atoms with van der Waals surface area (Å²) in [6.07, 6.45) is 0. The zero-order valence-electron chi connectivity index (χ0n) is 10.6. The Morgan fingerprint density at radius 3 is 2.76 bits per heavy atom. The van der Waals surface area contributed by atoms with Gasteiger partial charge in [-0.3, -0.25) is 9.69 Å². The first-order valence-electron chi connectivity index (χ1n) is 6.06. The van der Waals surface area contributed by atoms with Gasteiger partial charge in [-0.2, -0.15) is 0 Å². The van der Waals surface area contributed by atoms with Gasteiger partial charge < -0.3 is 20.1 Å². The number of morpholine rings is 1. The van der Waals surface area contributed by atoms with E-state index in [1.165, 1.54) is 0 Å². The summed E-state index contributed by atoms with van der Waals surface area (Å²) in [5, 5.41) is 0. The third kappa shape index (κ3) is 5.97. The molecule has 6 nitrogen and oxygen atoms in total. The highest BCUT2D eigenvalue weighted by atomic mass is 16.5. The molecule has 100 valence electrons. The molecule has 1 fully saturated rings. The van der Waals surface area contributed by atoms with Crippen LogP contribution in [0.15, 0.2) is 0 Å². The van der Waals surface area contributed by atoms with Crippen molar-refractivity contribution in [1.29, 1.82) is 0 Å². The number of amides is 1. The van der Waals surface area contributed by atoms with Gasteiger partial charge in [-0.25, -0.2) is 0 Å². The average molecular weight is 245 g/mol. The minimum absolute atomic E-state index is 0.162. The summed E-state index contributed by atoms with van der Waals surface area (Å²) in [6.45, 7) is 5.62. The van der Waals surface area contributed by atoms with Gasteiger partial charge in [0.05, 0.1) is 33.0 Å². The summed E-state index contributed by atoms with van der Waals surface area (Å²) < 4.78 is 10.5. The number of carbonyl (C=O) groups excluding carboxylic acids is 1. The Morgan fingerprint density at radius 2 is 2.12 bits per heavy atom. The van der Waals surface area contributed by atoms with E-state index in [0.717, 1.165) is 6.54 Å². The fraction of sp³-hybridized carbons (Fsp3) is 0.909. The van der Waals surface area contributed by atoms with Gasteiger partial charge in [-0.05, 0) is 7.05 Å². The van der Waals surface area contributed by atoms with Crippen LogP contribution in [0.3, 0.4) is 0 Å². The normalized spacial score (nSPS) is 16.5. The second-order valence-electron chi connectivity index (χ2n) is 4.13. The summed E-state index contributed by atoms with van der Waals surface area (Å²) in [4.78, 5) is 15.7. The third-order valence-corrected chi connectivity index (χ3v) is 2.65. The Kier molecular flexibility index (Phi) is 7.11. The van der Waals surface area contributed by atoms with Crippen LogP contribution in [-0.4, -0.2) is 81.9 Å². The van der Waals surface area contributed by atoms with Crippen LogP contribution in [0.1, 0.15) is 0 Å². The van der Waals surface area contributed by atoms with E-state index in [1.54, 1.807) is 0 Å². The maximum atomic E-state index is 11.9. The van der Waals surface area contributed by atoms with Crippen molar-refractivity contribution in [3.05, 3.63) is 0 Å². The molecule has 1 amide bonds. The fourth-order valence-corrected chi connectivity index (χ4v) is 1.63. The molecule has 0 aromatic rings. The van der Waals surface area contributed by atoms with E-state index in [2.05, 4.69) is 0 Å². The Morgan fingerprint density at radius 1 is 1.41 bits per heavy atom. The van der Waals surface area contributed by atoms with Crippen LogP contribution in [0.4, 0.5) is 0 Å². The van der Waals surface area contributed by atoms with E-state index in [0.29, 0.717) is 52.6 Å². The maximum Gasteiger partial charge on any atom is 0.236 e. The molecule has 2 N–H and O–H groups in total. The summed E-state index contributed by atoms with van der Waals surface area (Å²) in [6, 6.07) is 0. The van der Waals surface area contributed by atoms with Crippen LogP contribution in [0.25, 0.3) is 0 Å². The van der Waals surface area contributed by atoms with Crippen LogP contribution in [0.2, 0.25) is 0 Å². The average Bonchev–Trinajstić information content (AvgIpc) is 2.36. The van der Waals surface area contributed by atoms with Crippen molar-refractivity contribution in [3.8, 4) is 0 Å². The molecule has 1 aliphatic rings. The molecule has 17 heavy (non-hydrogen) atoms. The molecule has 0 unspecified atom stereocenters. The van der Waals surface area contributed by atoms with E-state index in [9.17, 15) is 4.79 Å². The summed E-state index contributed by atoms with van der Waals surface area (Å²) >= 11 is 0. The molecule has 1 saturated heterocycles. The number of likely N-dealkylation sites (N-methyl/N-ethyl adjacent to an activating group) is 1. The summed E-state index contributed by atoms with van der Waals surface area (Å²) in [5.41, 5.74) is 5.31. The maximum absolute atomic E-state index is 11.9. The predicted octanol–water partition coefficient (Wildman–Crippen LogP) is -1.25. The molecule has 6 heteroatoms. The van der Waals surface area contributed by atoms with Gasteiger partial charge in [0.1, 0.15) is 0 Å². The SMILES string of the molecule is CN(CCOCCN)CC(=O)N1CCOCC1. The van der Waals surface area contributed by atoms with E-state index >= 15 is 0 Å². The van der Waals surface area contributed by atoms with Gasteiger partial charge in [0.2, 0.25) is 5.91 Å². The lowest BCUT2D eigenvalue weighted by Crippen LogP contribution is -2.45. The van der Waals surface area contributed by atoms with Crippen molar-refractivity contribution in [2.75, 3.05) is 66.2 Å². The summed E-state index contributed by atoms with van der Waals surface area (Å²) in [7, 11) is 1.92. The molecular weight excluding hydrogens is 222 g/mol. The lowest BCUT2D eigenvalue weighted by molar-refractivity contribution is -0.136. The second kappa shape index (κ2) is 8.41. The lowest BCUT2D eigenvalue weighted by atomic mass is 10.4. The highest BCUT2D eigenvalue weighted by molar-refractivity contribution is 5.78. The van der Waals surface area contributed by atoms with Crippen molar-refractivity contribution < 1.29 is 14.3 Å². The molecule has 0 saturated carbocycles. The standard InChI is InChI=1S/C11H23N3O3/c1-13(3-7-16-6-2-12)10-11(15)14-4-8-17-9-5-14/h2-10,12H2,1H3. The van der Waals surface area contributed by atoms with Gasteiger partial charge in [0, 0.05) is 26.2 Å². The highest BCUT2D eigenvalue weighted by Gasteiger charge is 2.17. The quantitative estimate of drug-likeness (QED) is 0.568. The monoisotopic (exact) mass is 245 g/mol. The molecule has 0 spiro atoms. The first-order valence-corrected chi connectivity index (χ1v) is 6.06. The number of carbonyl (C=O) groups is 1. The van der Waals surface area contributed by atoms with E-state index in [4.69, 9.17) is 15.2 Å². The van der Waals surface area contributed by atoms with Crippen molar-refractivity contribution in [2.24, 2.45) is 5.73 Å². The topological polar surface area (TPSA) is 68.0 Å². The number of rotatable bonds is 7. The molecule has 1 aliphatic heterocycles. The molecule has 0 radical (unpaired) electrons. The van der Waals surface area contributed by atoms with Crippen LogP contribution in [-0.2, 0) is 14.3 Å². The van der Waals surface area contributed by atoms with Crippen LogP contribution in [0, 0.1) is 0 Å². The molecule has 0 bridgehead atoms.